The topological polar surface area (TPSA) is 46.5 Å². The van der Waals surface area contributed by atoms with Gasteiger partial charge in [-0.15, -0.1) is 0 Å². The maximum absolute atomic E-state index is 11.1. The summed E-state index contributed by atoms with van der Waals surface area (Å²) in [5, 5.41) is 9.82. The first-order valence-corrected chi connectivity index (χ1v) is 9.67. The molecule has 0 saturated carbocycles. The quantitative estimate of drug-likeness (QED) is 0.180. The second kappa shape index (κ2) is 18.7. The highest BCUT2D eigenvalue weighted by Crippen LogP contribution is 2.02. The van der Waals surface area contributed by atoms with Gasteiger partial charge in [-0.25, -0.2) is 0 Å². The predicted molar refractivity (Wildman–Crippen MR) is 106 cm³/mol. The lowest BCUT2D eigenvalue weighted by Crippen LogP contribution is -2.02. The van der Waals surface area contributed by atoms with E-state index in [1.165, 1.54) is 19.3 Å². The van der Waals surface area contributed by atoms with Crippen LogP contribution in [-0.4, -0.2) is 23.8 Å². The van der Waals surface area contributed by atoms with Gasteiger partial charge in [0.2, 0.25) is 0 Å². The van der Waals surface area contributed by atoms with Crippen LogP contribution < -0.4 is 0 Å². The summed E-state index contributed by atoms with van der Waals surface area (Å²) in [5.41, 5.74) is 0. The Morgan fingerprint density at radius 2 is 1.72 bits per heavy atom. The van der Waals surface area contributed by atoms with Crippen molar-refractivity contribution < 1.29 is 14.6 Å². The minimum Gasteiger partial charge on any atom is -0.466 e. The normalized spacial score (nSPS) is 13.6. The third-order valence-electron chi connectivity index (χ3n) is 3.59. The van der Waals surface area contributed by atoms with E-state index < -0.39 is 6.10 Å². The van der Waals surface area contributed by atoms with Crippen LogP contribution in [0.2, 0.25) is 0 Å². The third-order valence-corrected chi connectivity index (χ3v) is 3.59. The molecule has 0 saturated heterocycles. The molecule has 0 aromatic carbocycles. The number of aliphatic hydroxyl groups excluding tert-OH is 1. The van der Waals surface area contributed by atoms with Crippen molar-refractivity contribution >= 4 is 5.97 Å². The first-order chi connectivity index (χ1) is 12.2. The number of carbonyl (C=O) groups is 1. The van der Waals surface area contributed by atoms with E-state index in [1.54, 1.807) is 0 Å². The molecule has 1 N–H and O–H groups in total. The molecule has 0 aliphatic carbocycles. The molecule has 0 fully saturated rings. The summed E-state index contributed by atoms with van der Waals surface area (Å²) in [6.45, 7) is 4.48. The molecule has 0 aliphatic heterocycles. The van der Waals surface area contributed by atoms with Gasteiger partial charge in [0.25, 0.3) is 0 Å². The molecule has 1 atom stereocenters. The zero-order valence-corrected chi connectivity index (χ0v) is 16.0. The molecule has 0 spiro atoms. The Morgan fingerprint density at radius 1 is 0.960 bits per heavy atom. The summed E-state index contributed by atoms with van der Waals surface area (Å²) in [7, 11) is 0. The molecule has 0 aromatic rings. The lowest BCUT2D eigenvalue weighted by molar-refractivity contribution is -0.143. The first kappa shape index (κ1) is 23.4. The molecular weight excluding hydrogens is 312 g/mol. The minimum absolute atomic E-state index is 0.117. The van der Waals surface area contributed by atoms with E-state index in [2.05, 4.69) is 31.2 Å². The number of esters is 1. The van der Waals surface area contributed by atoms with Crippen LogP contribution in [0.1, 0.15) is 71.6 Å². The molecule has 142 valence electrons. The number of hydrogen-bond acceptors (Lipinski definition) is 3. The fraction of sp³-hybridized carbons (Fsp3) is 0.591. The van der Waals surface area contributed by atoms with Gasteiger partial charge in [0, 0.05) is 6.42 Å². The highest BCUT2D eigenvalue weighted by molar-refractivity contribution is 5.69. The third kappa shape index (κ3) is 18.6. The van der Waals surface area contributed by atoms with Crippen LogP contribution in [0.4, 0.5) is 0 Å². The molecule has 0 aromatic heterocycles. The van der Waals surface area contributed by atoms with Crippen molar-refractivity contribution in [2.45, 2.75) is 77.7 Å². The fourth-order valence-corrected chi connectivity index (χ4v) is 2.18. The first-order valence-electron chi connectivity index (χ1n) is 9.67. The average molecular weight is 349 g/mol. The molecule has 0 radical (unpaired) electrons. The van der Waals surface area contributed by atoms with Crippen molar-refractivity contribution in [1.29, 1.82) is 0 Å². The van der Waals surface area contributed by atoms with Gasteiger partial charge >= 0.3 is 5.97 Å². The highest BCUT2D eigenvalue weighted by atomic mass is 16.5. The molecule has 0 rings (SSSR count). The molecule has 0 heterocycles. The summed E-state index contributed by atoms with van der Waals surface area (Å²) in [4.78, 5) is 11.1. The minimum atomic E-state index is -0.426. The number of allylic oxidation sites excluding steroid dienone is 6. The van der Waals surface area contributed by atoms with Crippen molar-refractivity contribution in [3.63, 3.8) is 0 Å². The van der Waals surface area contributed by atoms with Crippen molar-refractivity contribution in [1.82, 2.24) is 0 Å². The smallest absolute Gasteiger partial charge is 0.305 e. The second-order valence-corrected chi connectivity index (χ2v) is 5.99. The Bertz CT molecular complexity index is 419. The number of hydrogen-bond donors (Lipinski definition) is 1. The summed E-state index contributed by atoms with van der Waals surface area (Å²) in [6.07, 6.45) is 24.3. The number of carbonyl (C=O) groups excluding carboxylic acids is 1. The Kier molecular flexibility index (Phi) is 17.5. The van der Waals surface area contributed by atoms with Crippen LogP contribution in [0, 0.1) is 0 Å². The maximum Gasteiger partial charge on any atom is 0.305 e. The molecule has 0 bridgehead atoms. The fourth-order valence-electron chi connectivity index (χ4n) is 2.18. The molecule has 0 amide bonds. The molecule has 0 aliphatic rings. The summed E-state index contributed by atoms with van der Waals surface area (Å²) >= 11 is 0. The Labute approximate surface area is 154 Å². The zero-order valence-electron chi connectivity index (χ0n) is 16.0. The lowest BCUT2D eigenvalue weighted by Gasteiger charge is -1.99. The van der Waals surface area contributed by atoms with E-state index in [0.717, 1.165) is 25.7 Å². The number of ether oxygens (including phenoxy) is 1. The SMILES string of the molecule is CCCCCC=C/C=C/[C@H](O)CC=CCC=CCCCC(=O)OCC. The Balaban J connectivity index is 3.62. The highest BCUT2D eigenvalue weighted by Gasteiger charge is 1.98. The van der Waals surface area contributed by atoms with Gasteiger partial charge < -0.3 is 9.84 Å². The summed E-state index contributed by atoms with van der Waals surface area (Å²) < 4.78 is 4.87. The molecular formula is C22H36O3. The van der Waals surface area contributed by atoms with Crippen LogP contribution >= 0.6 is 0 Å². The van der Waals surface area contributed by atoms with Crippen molar-refractivity contribution in [2.24, 2.45) is 0 Å². The number of unbranched alkanes of at least 4 members (excludes halogenated alkanes) is 4. The van der Waals surface area contributed by atoms with Crippen LogP contribution in [0.15, 0.2) is 48.6 Å². The van der Waals surface area contributed by atoms with E-state index in [9.17, 15) is 9.90 Å². The van der Waals surface area contributed by atoms with Gasteiger partial charge in [0.05, 0.1) is 12.7 Å². The monoisotopic (exact) mass is 348 g/mol. The van der Waals surface area contributed by atoms with Gasteiger partial charge in [-0.1, -0.05) is 68.4 Å². The van der Waals surface area contributed by atoms with E-state index in [0.29, 0.717) is 19.4 Å². The standard InChI is InChI=1S/C22H36O3/c1-3-5-6-7-9-12-15-18-21(23)19-16-13-10-8-11-14-17-20-22(24)25-4-2/h8-9,11-13,15-16,18,21,23H,3-7,10,14,17,19-20H2,1-2H3/b11-8?,12-9?,16-13?,18-15+/t21-/m0/s1. The van der Waals surface area contributed by atoms with Crippen LogP contribution in [-0.2, 0) is 9.53 Å². The molecule has 3 nitrogen and oxygen atoms in total. The van der Waals surface area contributed by atoms with Gasteiger partial charge in [0.15, 0.2) is 0 Å². The largest absolute Gasteiger partial charge is 0.466 e. The number of aliphatic hydroxyl groups is 1. The van der Waals surface area contributed by atoms with Gasteiger partial charge in [-0.05, 0) is 45.4 Å². The van der Waals surface area contributed by atoms with E-state index in [4.69, 9.17) is 4.74 Å². The van der Waals surface area contributed by atoms with Crippen molar-refractivity contribution in [3.8, 4) is 0 Å². The van der Waals surface area contributed by atoms with E-state index >= 15 is 0 Å². The Morgan fingerprint density at radius 3 is 2.48 bits per heavy atom. The van der Waals surface area contributed by atoms with Gasteiger partial charge in [0.1, 0.15) is 0 Å². The van der Waals surface area contributed by atoms with E-state index in [-0.39, 0.29) is 5.97 Å². The lowest BCUT2D eigenvalue weighted by atomic mass is 10.2. The second-order valence-electron chi connectivity index (χ2n) is 5.99. The van der Waals surface area contributed by atoms with Crippen LogP contribution in [0.3, 0.4) is 0 Å². The molecule has 25 heavy (non-hydrogen) atoms. The maximum atomic E-state index is 11.1. The van der Waals surface area contributed by atoms with Crippen LogP contribution in [0.25, 0.3) is 0 Å². The van der Waals surface area contributed by atoms with Crippen molar-refractivity contribution in [3.05, 3.63) is 48.6 Å². The van der Waals surface area contributed by atoms with E-state index in [1.807, 2.05) is 31.2 Å². The van der Waals surface area contributed by atoms with Gasteiger partial charge in [-0.3, -0.25) is 4.79 Å². The van der Waals surface area contributed by atoms with Crippen molar-refractivity contribution in [2.75, 3.05) is 6.61 Å². The Hall–Kier alpha value is -1.61. The number of rotatable bonds is 15. The average Bonchev–Trinajstić information content (AvgIpc) is 2.59. The summed E-state index contributed by atoms with van der Waals surface area (Å²) in [6, 6.07) is 0. The summed E-state index contributed by atoms with van der Waals surface area (Å²) in [5.74, 6) is -0.117. The predicted octanol–water partition coefficient (Wildman–Crippen LogP) is 5.67. The van der Waals surface area contributed by atoms with Gasteiger partial charge in [-0.2, -0.15) is 0 Å². The molecule has 0 unspecified atom stereocenters. The zero-order chi connectivity index (χ0) is 18.6. The molecule has 3 heteroatoms. The van der Waals surface area contributed by atoms with Crippen LogP contribution in [0.5, 0.6) is 0 Å².